The molecule has 3 heteroatoms. The Labute approximate surface area is 114 Å². The molecule has 1 heterocycles. The van der Waals surface area contributed by atoms with Crippen LogP contribution in [0.1, 0.15) is 36.7 Å². The number of benzene rings is 1. The molecular weight excluding hydrogens is 234 g/mol. The summed E-state index contributed by atoms with van der Waals surface area (Å²) in [7, 11) is 0. The number of nitrogens with one attached hydrogen (secondary N) is 1. The fraction of sp³-hybridized carbons (Fsp3) is 0.375. The molecule has 1 aromatic carbocycles. The molecule has 0 amide bonds. The van der Waals surface area contributed by atoms with Crippen molar-refractivity contribution in [1.29, 1.82) is 0 Å². The zero-order chi connectivity index (χ0) is 13.3. The molecule has 3 rings (SSSR count). The highest BCUT2D eigenvalue weighted by molar-refractivity contribution is 5.37. The fourth-order valence-corrected chi connectivity index (χ4v) is 3.01. The third-order valence-electron chi connectivity index (χ3n) is 3.92. The summed E-state index contributed by atoms with van der Waals surface area (Å²) in [5.74, 6) is 0. The molecule has 2 aromatic rings. The topological polar surface area (TPSA) is 37.8 Å². The minimum atomic E-state index is 0.247. The summed E-state index contributed by atoms with van der Waals surface area (Å²) >= 11 is 0. The van der Waals surface area contributed by atoms with Gasteiger partial charge in [0.2, 0.25) is 0 Å². The van der Waals surface area contributed by atoms with Crippen LogP contribution in [0.5, 0.6) is 0 Å². The van der Waals surface area contributed by atoms with Crippen LogP contribution in [-0.4, -0.2) is 9.97 Å². The summed E-state index contributed by atoms with van der Waals surface area (Å²) < 4.78 is 0. The summed E-state index contributed by atoms with van der Waals surface area (Å²) in [5, 5.41) is 3.65. The highest BCUT2D eigenvalue weighted by Gasteiger charge is 2.38. The minimum absolute atomic E-state index is 0.247. The van der Waals surface area contributed by atoms with E-state index in [1.54, 1.807) is 12.5 Å². The molecule has 98 valence electrons. The summed E-state index contributed by atoms with van der Waals surface area (Å²) in [6.45, 7) is 5.43. The third-order valence-corrected chi connectivity index (χ3v) is 3.92. The van der Waals surface area contributed by atoms with E-state index in [1.807, 2.05) is 6.07 Å². The van der Waals surface area contributed by atoms with Crippen LogP contribution in [0.2, 0.25) is 0 Å². The van der Waals surface area contributed by atoms with Crippen molar-refractivity contribution in [2.45, 2.75) is 32.9 Å². The number of fused-ring (bicyclic) bond motifs is 1. The standard InChI is InChI=1S/C16H19N3/c1-16(2)9-12-5-3-4-6-14(12)15(16)18-10-13-7-8-17-11-19-13/h3-8,11,15,18H,9-10H2,1-2H3. The summed E-state index contributed by atoms with van der Waals surface area (Å²) in [6, 6.07) is 11.1. The summed E-state index contributed by atoms with van der Waals surface area (Å²) in [5.41, 5.74) is 4.18. The number of hydrogen-bond donors (Lipinski definition) is 1. The van der Waals surface area contributed by atoms with Gasteiger partial charge in [0.25, 0.3) is 0 Å². The summed E-state index contributed by atoms with van der Waals surface area (Å²) in [4.78, 5) is 8.22. The maximum atomic E-state index is 4.27. The van der Waals surface area contributed by atoms with Crippen LogP contribution in [0.4, 0.5) is 0 Å². The quantitative estimate of drug-likeness (QED) is 0.914. The lowest BCUT2D eigenvalue weighted by Crippen LogP contribution is -2.31. The Morgan fingerprint density at radius 3 is 2.89 bits per heavy atom. The van der Waals surface area contributed by atoms with E-state index < -0.39 is 0 Å². The monoisotopic (exact) mass is 253 g/mol. The molecule has 0 fully saturated rings. The lowest BCUT2D eigenvalue weighted by Gasteiger charge is -2.28. The molecule has 0 radical (unpaired) electrons. The first-order valence-electron chi connectivity index (χ1n) is 6.73. The lowest BCUT2D eigenvalue weighted by atomic mass is 9.85. The Morgan fingerprint density at radius 1 is 1.26 bits per heavy atom. The SMILES string of the molecule is CC1(C)Cc2ccccc2C1NCc1ccncn1. The molecule has 0 bridgehead atoms. The van der Waals surface area contributed by atoms with Crippen molar-refractivity contribution in [1.82, 2.24) is 15.3 Å². The van der Waals surface area contributed by atoms with Gasteiger partial charge in [-0.05, 0) is 29.0 Å². The average molecular weight is 253 g/mol. The number of hydrogen-bond acceptors (Lipinski definition) is 3. The van der Waals surface area contributed by atoms with Crippen molar-refractivity contribution in [3.63, 3.8) is 0 Å². The molecule has 1 aliphatic carbocycles. The second-order valence-electron chi connectivity index (χ2n) is 5.88. The maximum Gasteiger partial charge on any atom is 0.115 e. The van der Waals surface area contributed by atoms with Crippen LogP contribution in [0.15, 0.2) is 42.9 Å². The van der Waals surface area contributed by atoms with Crippen molar-refractivity contribution < 1.29 is 0 Å². The van der Waals surface area contributed by atoms with Gasteiger partial charge in [0, 0.05) is 18.8 Å². The van der Waals surface area contributed by atoms with Crippen LogP contribution < -0.4 is 5.32 Å². The largest absolute Gasteiger partial charge is 0.304 e. The molecule has 1 aliphatic rings. The van der Waals surface area contributed by atoms with Gasteiger partial charge in [-0.15, -0.1) is 0 Å². The number of aromatic nitrogens is 2. The van der Waals surface area contributed by atoms with Gasteiger partial charge in [0.15, 0.2) is 0 Å². The first-order chi connectivity index (χ1) is 9.17. The van der Waals surface area contributed by atoms with Crippen LogP contribution in [0, 0.1) is 5.41 Å². The first kappa shape index (κ1) is 12.3. The van der Waals surface area contributed by atoms with Gasteiger partial charge >= 0.3 is 0 Å². The van der Waals surface area contributed by atoms with E-state index in [-0.39, 0.29) is 5.41 Å². The molecule has 3 nitrogen and oxygen atoms in total. The zero-order valence-electron chi connectivity index (χ0n) is 11.4. The van der Waals surface area contributed by atoms with Crippen molar-refractivity contribution in [2.75, 3.05) is 0 Å². The van der Waals surface area contributed by atoms with Crippen LogP contribution in [-0.2, 0) is 13.0 Å². The van der Waals surface area contributed by atoms with Crippen molar-refractivity contribution in [3.8, 4) is 0 Å². The van der Waals surface area contributed by atoms with E-state index in [0.29, 0.717) is 6.04 Å². The van der Waals surface area contributed by atoms with Crippen molar-refractivity contribution >= 4 is 0 Å². The predicted octanol–water partition coefficient (Wildman–Crippen LogP) is 2.89. The number of nitrogens with zero attached hydrogens (tertiary/aromatic N) is 2. The molecule has 0 saturated heterocycles. The maximum absolute atomic E-state index is 4.27. The normalized spacial score (nSPS) is 20.2. The highest BCUT2D eigenvalue weighted by atomic mass is 15.0. The number of rotatable bonds is 3. The van der Waals surface area contributed by atoms with Gasteiger partial charge < -0.3 is 5.32 Å². The summed E-state index contributed by atoms with van der Waals surface area (Å²) in [6.07, 6.45) is 4.52. The van der Waals surface area contributed by atoms with E-state index in [9.17, 15) is 0 Å². The lowest BCUT2D eigenvalue weighted by molar-refractivity contribution is 0.267. The van der Waals surface area contributed by atoms with Gasteiger partial charge in [-0.1, -0.05) is 38.1 Å². The molecular formula is C16H19N3. The van der Waals surface area contributed by atoms with Gasteiger partial charge in [0.05, 0.1) is 5.69 Å². The molecule has 1 atom stereocenters. The average Bonchev–Trinajstić information content (AvgIpc) is 2.67. The molecule has 0 spiro atoms. The molecule has 1 unspecified atom stereocenters. The van der Waals surface area contributed by atoms with Gasteiger partial charge in [-0.25, -0.2) is 9.97 Å². The smallest absolute Gasteiger partial charge is 0.115 e. The van der Waals surface area contributed by atoms with E-state index in [2.05, 4.69) is 53.4 Å². The Hall–Kier alpha value is -1.74. The van der Waals surface area contributed by atoms with Crippen LogP contribution >= 0.6 is 0 Å². The van der Waals surface area contributed by atoms with Gasteiger partial charge in [-0.2, -0.15) is 0 Å². The Morgan fingerprint density at radius 2 is 2.11 bits per heavy atom. The molecule has 0 aliphatic heterocycles. The molecule has 19 heavy (non-hydrogen) atoms. The molecule has 1 aromatic heterocycles. The van der Waals surface area contributed by atoms with Crippen LogP contribution in [0.25, 0.3) is 0 Å². The van der Waals surface area contributed by atoms with Crippen molar-refractivity contribution in [3.05, 3.63) is 59.7 Å². The highest BCUT2D eigenvalue weighted by Crippen LogP contribution is 2.44. The van der Waals surface area contributed by atoms with Gasteiger partial charge in [-0.3, -0.25) is 0 Å². The third kappa shape index (κ3) is 2.38. The Bertz CT molecular complexity index is 563. The zero-order valence-corrected chi connectivity index (χ0v) is 11.4. The van der Waals surface area contributed by atoms with E-state index >= 15 is 0 Å². The predicted molar refractivity (Wildman–Crippen MR) is 75.5 cm³/mol. The molecule has 1 N–H and O–H groups in total. The van der Waals surface area contributed by atoms with Gasteiger partial charge in [0.1, 0.15) is 6.33 Å². The minimum Gasteiger partial charge on any atom is -0.304 e. The Balaban J connectivity index is 1.80. The second-order valence-corrected chi connectivity index (χ2v) is 5.88. The molecule has 0 saturated carbocycles. The van der Waals surface area contributed by atoms with E-state index in [0.717, 1.165) is 18.7 Å². The second kappa shape index (κ2) is 4.74. The van der Waals surface area contributed by atoms with Crippen molar-refractivity contribution in [2.24, 2.45) is 5.41 Å². The Kier molecular flexibility index (Phi) is 3.07. The first-order valence-corrected chi connectivity index (χ1v) is 6.73. The fourth-order valence-electron chi connectivity index (χ4n) is 3.01. The van der Waals surface area contributed by atoms with E-state index in [1.165, 1.54) is 11.1 Å². The van der Waals surface area contributed by atoms with E-state index in [4.69, 9.17) is 0 Å². The van der Waals surface area contributed by atoms with Crippen LogP contribution in [0.3, 0.4) is 0 Å².